The van der Waals surface area contributed by atoms with Crippen LogP contribution in [0.4, 0.5) is 0 Å². The van der Waals surface area contributed by atoms with E-state index in [2.05, 4.69) is 0 Å². The van der Waals surface area contributed by atoms with E-state index in [1.54, 1.807) is 0 Å². The molecule has 0 radical (unpaired) electrons. The van der Waals surface area contributed by atoms with Crippen LogP contribution in [0.1, 0.15) is 17.5 Å². The molecule has 0 aliphatic carbocycles. The number of carboxylic acids is 2. The maximum Gasteiger partial charge on any atom is 0.308 e. The van der Waals surface area contributed by atoms with Crippen molar-refractivity contribution in [2.75, 3.05) is 13.1 Å². The Hall–Kier alpha value is -1.92. The van der Waals surface area contributed by atoms with Crippen molar-refractivity contribution in [2.24, 2.45) is 11.8 Å². The molecule has 1 heterocycles. The van der Waals surface area contributed by atoms with Gasteiger partial charge in [0.25, 0.3) is 0 Å². The highest BCUT2D eigenvalue weighted by atomic mass is 16.4. The first-order chi connectivity index (χ1) is 10.0. The molecule has 3 N–H and O–H groups in total. The second-order valence-corrected chi connectivity index (χ2v) is 5.39. The number of hydrogen-bond acceptors (Lipinski definition) is 4. The minimum Gasteiger partial charge on any atom is -0.481 e. The number of benzene rings is 1. The number of piperidine rings is 1. The van der Waals surface area contributed by atoms with Crippen LogP contribution in [0, 0.1) is 11.8 Å². The predicted octanol–water partition coefficient (Wildman–Crippen LogP) is 0.786. The van der Waals surface area contributed by atoms with Gasteiger partial charge < -0.3 is 15.3 Å². The van der Waals surface area contributed by atoms with E-state index in [1.165, 1.54) is 0 Å². The third-order valence-corrected chi connectivity index (χ3v) is 3.94. The number of carboxylic acid groups (broad SMARTS) is 2. The van der Waals surface area contributed by atoms with Crippen molar-refractivity contribution in [1.29, 1.82) is 0 Å². The van der Waals surface area contributed by atoms with E-state index in [0.29, 0.717) is 19.5 Å². The van der Waals surface area contributed by atoms with Crippen LogP contribution in [-0.4, -0.2) is 45.2 Å². The SMILES string of the molecule is O=C(O)C1CCN(Cc2ccc(CO)cc2)CC1C(=O)O. The fourth-order valence-electron chi connectivity index (χ4n) is 2.72. The Morgan fingerprint density at radius 2 is 1.62 bits per heavy atom. The van der Waals surface area contributed by atoms with Crippen LogP contribution >= 0.6 is 0 Å². The highest BCUT2D eigenvalue weighted by molar-refractivity contribution is 5.80. The number of rotatable bonds is 5. The maximum atomic E-state index is 11.2. The number of likely N-dealkylation sites (tertiary alicyclic amines) is 1. The number of aliphatic hydroxyl groups is 1. The van der Waals surface area contributed by atoms with Gasteiger partial charge in [0, 0.05) is 13.1 Å². The Kier molecular flexibility index (Phi) is 4.93. The molecule has 1 saturated heterocycles. The molecule has 1 aromatic carbocycles. The summed E-state index contributed by atoms with van der Waals surface area (Å²) in [6.07, 6.45) is 0.348. The third kappa shape index (κ3) is 3.80. The molecular formula is C15H19NO5. The van der Waals surface area contributed by atoms with Gasteiger partial charge in [-0.25, -0.2) is 0 Å². The molecule has 1 fully saturated rings. The van der Waals surface area contributed by atoms with E-state index >= 15 is 0 Å². The highest BCUT2D eigenvalue weighted by Crippen LogP contribution is 2.25. The van der Waals surface area contributed by atoms with Gasteiger partial charge in [-0.05, 0) is 24.1 Å². The number of hydrogen-bond donors (Lipinski definition) is 3. The van der Waals surface area contributed by atoms with Crippen molar-refractivity contribution in [1.82, 2.24) is 4.90 Å². The lowest BCUT2D eigenvalue weighted by molar-refractivity contribution is -0.157. The first kappa shape index (κ1) is 15.5. The van der Waals surface area contributed by atoms with Crippen molar-refractivity contribution >= 4 is 11.9 Å². The quantitative estimate of drug-likeness (QED) is 0.742. The van der Waals surface area contributed by atoms with Crippen LogP contribution in [0.5, 0.6) is 0 Å². The molecule has 1 aromatic rings. The molecule has 2 atom stereocenters. The van der Waals surface area contributed by atoms with E-state index in [1.807, 2.05) is 29.2 Å². The van der Waals surface area contributed by atoms with Crippen molar-refractivity contribution < 1.29 is 24.9 Å². The minimum absolute atomic E-state index is 0.00856. The Morgan fingerprint density at radius 3 is 2.14 bits per heavy atom. The van der Waals surface area contributed by atoms with E-state index in [-0.39, 0.29) is 13.2 Å². The van der Waals surface area contributed by atoms with Crippen LogP contribution in [0.2, 0.25) is 0 Å². The summed E-state index contributed by atoms with van der Waals surface area (Å²) in [5, 5.41) is 27.3. The molecule has 2 unspecified atom stereocenters. The van der Waals surface area contributed by atoms with Crippen LogP contribution < -0.4 is 0 Å². The van der Waals surface area contributed by atoms with Gasteiger partial charge in [0.05, 0.1) is 18.4 Å². The number of nitrogens with zero attached hydrogens (tertiary/aromatic N) is 1. The van der Waals surface area contributed by atoms with E-state index in [0.717, 1.165) is 11.1 Å². The van der Waals surface area contributed by atoms with E-state index < -0.39 is 23.8 Å². The molecule has 6 nitrogen and oxygen atoms in total. The first-order valence-corrected chi connectivity index (χ1v) is 6.88. The predicted molar refractivity (Wildman–Crippen MR) is 74.5 cm³/mol. The van der Waals surface area contributed by atoms with Gasteiger partial charge in [0.1, 0.15) is 0 Å². The number of aliphatic carboxylic acids is 2. The molecule has 1 aliphatic rings. The number of aliphatic hydroxyl groups excluding tert-OH is 1. The van der Waals surface area contributed by atoms with Crippen molar-refractivity contribution in [2.45, 2.75) is 19.6 Å². The molecule has 0 saturated carbocycles. The highest BCUT2D eigenvalue weighted by Gasteiger charge is 2.38. The standard InChI is InChI=1S/C15H19NO5/c17-9-11-3-1-10(2-4-11)7-16-6-5-12(14(18)19)13(8-16)15(20)21/h1-4,12-13,17H,5-9H2,(H,18,19)(H,20,21). The van der Waals surface area contributed by atoms with Crippen molar-refractivity contribution in [3.63, 3.8) is 0 Å². The molecule has 21 heavy (non-hydrogen) atoms. The van der Waals surface area contributed by atoms with Gasteiger partial charge in [0.2, 0.25) is 0 Å². The molecule has 0 bridgehead atoms. The fourth-order valence-corrected chi connectivity index (χ4v) is 2.72. The Balaban J connectivity index is 2.01. The minimum atomic E-state index is -1.05. The second kappa shape index (κ2) is 6.69. The average molecular weight is 293 g/mol. The smallest absolute Gasteiger partial charge is 0.308 e. The summed E-state index contributed by atoms with van der Waals surface area (Å²) in [7, 11) is 0. The molecule has 0 amide bonds. The first-order valence-electron chi connectivity index (χ1n) is 6.88. The van der Waals surface area contributed by atoms with Crippen LogP contribution in [0.3, 0.4) is 0 Å². The third-order valence-electron chi connectivity index (χ3n) is 3.94. The van der Waals surface area contributed by atoms with Gasteiger partial charge in [-0.3, -0.25) is 14.5 Å². The molecule has 0 aromatic heterocycles. The van der Waals surface area contributed by atoms with E-state index in [9.17, 15) is 14.7 Å². The monoisotopic (exact) mass is 293 g/mol. The molecule has 114 valence electrons. The molecule has 0 spiro atoms. The molecular weight excluding hydrogens is 274 g/mol. The van der Waals surface area contributed by atoms with Gasteiger partial charge in [-0.2, -0.15) is 0 Å². The van der Waals surface area contributed by atoms with E-state index in [4.69, 9.17) is 10.2 Å². The molecule has 1 aliphatic heterocycles. The summed E-state index contributed by atoms with van der Waals surface area (Å²) in [4.78, 5) is 24.3. The van der Waals surface area contributed by atoms with Crippen molar-refractivity contribution in [3.8, 4) is 0 Å². The summed E-state index contributed by atoms with van der Waals surface area (Å²) < 4.78 is 0. The summed E-state index contributed by atoms with van der Waals surface area (Å²) >= 11 is 0. The largest absolute Gasteiger partial charge is 0.481 e. The normalized spacial score (nSPS) is 22.9. The fraction of sp³-hybridized carbons (Fsp3) is 0.467. The summed E-state index contributed by atoms with van der Waals surface area (Å²) in [6, 6.07) is 7.44. The van der Waals surface area contributed by atoms with Gasteiger partial charge in [-0.1, -0.05) is 24.3 Å². The Bertz CT molecular complexity index is 513. The Morgan fingerprint density at radius 1 is 1.05 bits per heavy atom. The maximum absolute atomic E-state index is 11.2. The van der Waals surface area contributed by atoms with Crippen molar-refractivity contribution in [3.05, 3.63) is 35.4 Å². The van der Waals surface area contributed by atoms with Crippen LogP contribution in [0.15, 0.2) is 24.3 Å². The zero-order chi connectivity index (χ0) is 15.4. The lowest BCUT2D eigenvalue weighted by Crippen LogP contribution is -2.46. The van der Waals surface area contributed by atoms with Gasteiger partial charge >= 0.3 is 11.9 Å². The van der Waals surface area contributed by atoms with Crippen LogP contribution in [0.25, 0.3) is 0 Å². The zero-order valence-electron chi connectivity index (χ0n) is 11.6. The number of carbonyl (C=O) groups is 2. The lowest BCUT2D eigenvalue weighted by Gasteiger charge is -2.34. The lowest BCUT2D eigenvalue weighted by atomic mass is 9.85. The molecule has 2 rings (SSSR count). The topological polar surface area (TPSA) is 98.1 Å². The zero-order valence-corrected chi connectivity index (χ0v) is 11.6. The summed E-state index contributed by atoms with van der Waals surface area (Å²) in [6.45, 7) is 1.39. The van der Waals surface area contributed by atoms with Gasteiger partial charge in [0.15, 0.2) is 0 Å². The van der Waals surface area contributed by atoms with Crippen LogP contribution in [-0.2, 0) is 22.7 Å². The Labute approximate surface area is 122 Å². The summed E-state index contributed by atoms with van der Waals surface area (Å²) in [5.41, 5.74) is 1.84. The molecule has 6 heteroatoms. The second-order valence-electron chi connectivity index (χ2n) is 5.39. The van der Waals surface area contributed by atoms with Gasteiger partial charge in [-0.15, -0.1) is 0 Å². The average Bonchev–Trinajstić information content (AvgIpc) is 2.47. The summed E-state index contributed by atoms with van der Waals surface area (Å²) in [5.74, 6) is -3.76.